The lowest BCUT2D eigenvalue weighted by Gasteiger charge is -1.97. The van der Waals surface area contributed by atoms with Gasteiger partial charge in [0.05, 0.1) is 11.1 Å². The molecule has 4 rings (SSSR count). The molecule has 4 heterocycles. The molecule has 0 aromatic carbocycles. The molecule has 3 N–H and O–H groups in total. The van der Waals surface area contributed by atoms with E-state index in [2.05, 4.69) is 25.0 Å². The smallest absolute Gasteiger partial charge is 0.337 e. The molecule has 0 spiro atoms. The van der Waals surface area contributed by atoms with Gasteiger partial charge in [0.2, 0.25) is 11.7 Å². The van der Waals surface area contributed by atoms with Crippen molar-refractivity contribution >= 4 is 22.3 Å². The topological polar surface area (TPSA) is 142 Å². The van der Waals surface area contributed by atoms with Crippen LogP contribution in [0.5, 0.6) is 0 Å². The summed E-state index contributed by atoms with van der Waals surface area (Å²) < 4.78 is 6.51. The molecule has 0 atom stereocenters. The number of nitrogens with zero attached hydrogens (tertiary/aromatic N) is 3. The molecular formula is C13H10N6O4. The molecule has 0 bridgehead atoms. The second-order valence-electron chi connectivity index (χ2n) is 5.12. The molecule has 0 fully saturated rings. The molecule has 0 unspecified atom stereocenters. The van der Waals surface area contributed by atoms with E-state index in [0.29, 0.717) is 11.1 Å². The first kappa shape index (κ1) is 13.2. The van der Waals surface area contributed by atoms with Crippen LogP contribution in [0.3, 0.4) is 0 Å². The van der Waals surface area contributed by atoms with Crippen molar-refractivity contribution in [2.45, 2.75) is 13.8 Å². The minimum atomic E-state index is -0.663. The molecule has 10 heteroatoms. The third-order valence-electron chi connectivity index (χ3n) is 3.52. The van der Waals surface area contributed by atoms with Gasteiger partial charge in [-0.05, 0) is 19.4 Å². The van der Waals surface area contributed by atoms with Crippen molar-refractivity contribution in [2.24, 2.45) is 0 Å². The minimum Gasteiger partial charge on any atom is -0.403 e. The first-order chi connectivity index (χ1) is 10.9. The highest BCUT2D eigenvalue weighted by molar-refractivity contribution is 5.81. The van der Waals surface area contributed by atoms with Crippen LogP contribution in [0.1, 0.15) is 11.3 Å². The number of H-pyrrole nitrogens is 3. The van der Waals surface area contributed by atoms with Crippen LogP contribution < -0.4 is 16.9 Å². The predicted molar refractivity (Wildman–Crippen MR) is 80.0 cm³/mol. The number of aromatic amines is 3. The minimum absolute atomic E-state index is 0.0880. The molecule has 4 aromatic rings. The number of hydrogen-bond acceptors (Lipinski definition) is 6. The Balaban J connectivity index is 2.11. The summed E-state index contributed by atoms with van der Waals surface area (Å²) in [6.45, 7) is 3.54. The molecule has 0 radical (unpaired) electrons. The fourth-order valence-corrected chi connectivity index (χ4v) is 2.59. The van der Waals surface area contributed by atoms with Gasteiger partial charge in [-0.25, -0.2) is 9.59 Å². The molecule has 0 aliphatic heterocycles. The van der Waals surface area contributed by atoms with E-state index < -0.39 is 16.9 Å². The Hall–Kier alpha value is -3.43. The number of nitrogens with one attached hydrogen (secondary N) is 3. The molecule has 10 nitrogen and oxygen atoms in total. The van der Waals surface area contributed by atoms with Gasteiger partial charge in [0, 0.05) is 6.07 Å². The Labute approximate surface area is 125 Å². The van der Waals surface area contributed by atoms with Gasteiger partial charge in [-0.1, -0.05) is 0 Å². The molecule has 4 aromatic heterocycles. The van der Waals surface area contributed by atoms with Crippen molar-refractivity contribution in [1.29, 1.82) is 0 Å². The van der Waals surface area contributed by atoms with Gasteiger partial charge < -0.3 is 9.40 Å². The maximum atomic E-state index is 11.8. The van der Waals surface area contributed by atoms with Crippen molar-refractivity contribution in [3.8, 4) is 5.95 Å². The van der Waals surface area contributed by atoms with Crippen LogP contribution >= 0.6 is 0 Å². The van der Waals surface area contributed by atoms with Crippen LogP contribution in [0.4, 0.5) is 0 Å². The van der Waals surface area contributed by atoms with Gasteiger partial charge in [0.25, 0.3) is 5.56 Å². The summed E-state index contributed by atoms with van der Waals surface area (Å²) in [4.78, 5) is 46.1. The van der Waals surface area contributed by atoms with Crippen molar-refractivity contribution in [1.82, 2.24) is 29.7 Å². The molecule has 0 aliphatic rings. The molecule has 0 amide bonds. The van der Waals surface area contributed by atoms with Crippen LogP contribution in [0, 0.1) is 13.8 Å². The first-order valence-corrected chi connectivity index (χ1v) is 6.67. The molecule has 0 saturated carbocycles. The summed E-state index contributed by atoms with van der Waals surface area (Å²) in [5.41, 5.74) is -0.0194. The highest BCUT2D eigenvalue weighted by atomic mass is 16.4. The van der Waals surface area contributed by atoms with Crippen LogP contribution in [0.25, 0.3) is 28.2 Å². The Morgan fingerprint density at radius 1 is 1.13 bits per heavy atom. The van der Waals surface area contributed by atoms with Crippen LogP contribution in [-0.2, 0) is 0 Å². The van der Waals surface area contributed by atoms with Crippen molar-refractivity contribution < 1.29 is 4.42 Å². The Bertz CT molecular complexity index is 1250. The largest absolute Gasteiger partial charge is 0.403 e. The maximum absolute atomic E-state index is 11.8. The number of aryl methyl sites for hydroxylation is 2. The lowest BCUT2D eigenvalue weighted by atomic mass is 10.2. The molecule has 0 saturated heterocycles. The summed E-state index contributed by atoms with van der Waals surface area (Å²) in [5.74, 6) is 0.152. The van der Waals surface area contributed by atoms with Gasteiger partial charge in [0.15, 0.2) is 11.2 Å². The quantitative estimate of drug-likeness (QED) is 0.446. The number of imidazole rings is 1. The second kappa shape index (κ2) is 4.29. The summed E-state index contributed by atoms with van der Waals surface area (Å²) in [6, 6.07) is 1.38. The Kier molecular flexibility index (Phi) is 2.47. The standard InChI is InChI=1S/C13H10N6O4/c1-4-3-6(20)23-11-7(4)5(2)18-19(11)12-14-8-9(15-12)16-13(22)17-10(8)21/h3H,1-2H3,(H3,14,15,16,17,21,22). The monoisotopic (exact) mass is 314 g/mol. The summed E-state index contributed by atoms with van der Waals surface area (Å²) in [6.07, 6.45) is 0. The zero-order valence-electron chi connectivity index (χ0n) is 12.1. The number of fused-ring (bicyclic) bond motifs is 2. The molecule has 0 aliphatic carbocycles. The van der Waals surface area contributed by atoms with Gasteiger partial charge in [-0.2, -0.15) is 14.8 Å². The van der Waals surface area contributed by atoms with E-state index in [4.69, 9.17) is 4.42 Å². The lowest BCUT2D eigenvalue weighted by molar-refractivity contribution is 0.532. The van der Waals surface area contributed by atoms with E-state index >= 15 is 0 Å². The van der Waals surface area contributed by atoms with Crippen LogP contribution in [-0.4, -0.2) is 29.7 Å². The van der Waals surface area contributed by atoms with E-state index in [1.807, 2.05) is 0 Å². The summed E-state index contributed by atoms with van der Waals surface area (Å²) in [7, 11) is 0. The number of hydrogen-bond donors (Lipinski definition) is 3. The third-order valence-corrected chi connectivity index (χ3v) is 3.52. The van der Waals surface area contributed by atoms with Gasteiger partial charge in [-0.3, -0.25) is 14.8 Å². The molecule has 116 valence electrons. The molecule has 23 heavy (non-hydrogen) atoms. The number of aromatic nitrogens is 6. The third kappa shape index (κ3) is 1.84. The first-order valence-electron chi connectivity index (χ1n) is 6.67. The average Bonchev–Trinajstić information content (AvgIpc) is 3.00. The Morgan fingerprint density at radius 2 is 1.91 bits per heavy atom. The zero-order chi connectivity index (χ0) is 16.3. The zero-order valence-corrected chi connectivity index (χ0v) is 12.1. The average molecular weight is 314 g/mol. The summed E-state index contributed by atoms with van der Waals surface area (Å²) >= 11 is 0. The lowest BCUT2D eigenvalue weighted by Crippen LogP contribution is -2.21. The van der Waals surface area contributed by atoms with Crippen LogP contribution in [0.15, 0.2) is 24.9 Å². The van der Waals surface area contributed by atoms with E-state index in [0.717, 1.165) is 5.56 Å². The fourth-order valence-electron chi connectivity index (χ4n) is 2.59. The highest BCUT2D eigenvalue weighted by Crippen LogP contribution is 2.22. The fraction of sp³-hybridized carbons (Fsp3) is 0.154. The van der Waals surface area contributed by atoms with Crippen LogP contribution in [0.2, 0.25) is 0 Å². The van der Waals surface area contributed by atoms with E-state index in [1.54, 1.807) is 13.8 Å². The van der Waals surface area contributed by atoms with E-state index in [-0.39, 0.29) is 22.8 Å². The van der Waals surface area contributed by atoms with Gasteiger partial charge in [0.1, 0.15) is 0 Å². The van der Waals surface area contributed by atoms with Crippen molar-refractivity contribution in [2.75, 3.05) is 0 Å². The molecular weight excluding hydrogens is 304 g/mol. The van der Waals surface area contributed by atoms with E-state index in [1.165, 1.54) is 10.7 Å². The van der Waals surface area contributed by atoms with Gasteiger partial charge in [-0.15, -0.1) is 0 Å². The summed E-state index contributed by atoms with van der Waals surface area (Å²) in [5, 5.41) is 4.98. The Morgan fingerprint density at radius 3 is 2.70 bits per heavy atom. The SMILES string of the molecule is Cc1cc(=O)oc2c1c(C)nn2-c1nc2[nH]c(=O)[nH]c(=O)c2[nH]1. The van der Waals surface area contributed by atoms with Gasteiger partial charge >= 0.3 is 11.3 Å². The second-order valence-corrected chi connectivity index (χ2v) is 5.12. The van der Waals surface area contributed by atoms with Crippen molar-refractivity contribution in [3.63, 3.8) is 0 Å². The number of rotatable bonds is 1. The highest BCUT2D eigenvalue weighted by Gasteiger charge is 2.18. The normalized spacial score (nSPS) is 11.6. The van der Waals surface area contributed by atoms with Crippen molar-refractivity contribution in [3.05, 3.63) is 48.6 Å². The predicted octanol–water partition coefficient (Wildman–Crippen LogP) is -0.152. The van der Waals surface area contributed by atoms with E-state index in [9.17, 15) is 14.4 Å². The maximum Gasteiger partial charge on any atom is 0.337 e.